The number of hydrogen-bond donors (Lipinski definition) is 1. The van der Waals surface area contributed by atoms with Crippen LogP contribution in [0.4, 0.5) is 0 Å². The van der Waals surface area contributed by atoms with Crippen LogP contribution in [0.25, 0.3) is 9.88 Å². The highest BCUT2D eigenvalue weighted by Gasteiger charge is 2.23. The Morgan fingerprint density at radius 1 is 1.32 bits per heavy atom. The number of nitrogens with zero attached hydrogens (tertiary/aromatic N) is 2. The molecule has 2 aromatic heterocycles. The molecule has 0 bridgehead atoms. The molecule has 0 spiro atoms. The van der Waals surface area contributed by atoms with Gasteiger partial charge >= 0.3 is 0 Å². The molecule has 19 heavy (non-hydrogen) atoms. The van der Waals surface area contributed by atoms with Crippen molar-refractivity contribution in [1.29, 1.82) is 0 Å². The van der Waals surface area contributed by atoms with Crippen molar-refractivity contribution in [2.75, 3.05) is 0 Å². The third-order valence-electron chi connectivity index (χ3n) is 2.72. The zero-order valence-corrected chi connectivity index (χ0v) is 13.8. The van der Waals surface area contributed by atoms with Crippen molar-refractivity contribution >= 4 is 22.7 Å². The van der Waals surface area contributed by atoms with Gasteiger partial charge in [-0.2, -0.15) is 0 Å². The molecule has 0 aliphatic carbocycles. The van der Waals surface area contributed by atoms with Crippen molar-refractivity contribution < 1.29 is 0 Å². The van der Waals surface area contributed by atoms with E-state index < -0.39 is 0 Å². The van der Waals surface area contributed by atoms with Crippen LogP contribution in [0.3, 0.4) is 0 Å². The Balaban J connectivity index is 2.34. The molecule has 0 aromatic carbocycles. The van der Waals surface area contributed by atoms with Crippen molar-refractivity contribution in [1.82, 2.24) is 15.3 Å². The Hall–Kier alpha value is -0.780. The molecular weight excluding hydrogens is 274 g/mol. The van der Waals surface area contributed by atoms with Gasteiger partial charge < -0.3 is 5.32 Å². The first-order valence-corrected chi connectivity index (χ1v) is 8.20. The molecule has 0 radical (unpaired) electrons. The van der Waals surface area contributed by atoms with Gasteiger partial charge in [0, 0.05) is 29.1 Å². The van der Waals surface area contributed by atoms with Gasteiger partial charge in [0.1, 0.15) is 5.01 Å². The molecule has 0 fully saturated rings. The quantitative estimate of drug-likeness (QED) is 0.924. The fourth-order valence-corrected chi connectivity index (χ4v) is 3.68. The Kier molecular flexibility index (Phi) is 4.38. The van der Waals surface area contributed by atoms with E-state index in [0.717, 1.165) is 16.4 Å². The van der Waals surface area contributed by atoms with Gasteiger partial charge in [0.25, 0.3) is 0 Å². The van der Waals surface area contributed by atoms with Gasteiger partial charge in [-0.05, 0) is 0 Å². The number of hydrogen-bond acceptors (Lipinski definition) is 5. The minimum absolute atomic E-state index is 0.0768. The Bertz CT molecular complexity index is 521. The minimum Gasteiger partial charge on any atom is -0.310 e. The lowest BCUT2D eigenvalue weighted by atomic mass is 9.91. The lowest BCUT2D eigenvalue weighted by Crippen LogP contribution is -2.23. The highest BCUT2D eigenvalue weighted by Crippen LogP contribution is 2.35. The van der Waals surface area contributed by atoms with Crippen LogP contribution < -0.4 is 5.32 Å². The van der Waals surface area contributed by atoms with E-state index in [9.17, 15) is 0 Å². The van der Waals surface area contributed by atoms with Crippen LogP contribution in [-0.2, 0) is 12.0 Å². The van der Waals surface area contributed by atoms with E-state index in [1.807, 2.05) is 11.7 Å². The summed E-state index contributed by atoms with van der Waals surface area (Å²) in [4.78, 5) is 11.5. The predicted molar refractivity (Wildman–Crippen MR) is 83.9 cm³/mol. The highest BCUT2D eigenvalue weighted by molar-refractivity contribution is 7.20. The summed E-state index contributed by atoms with van der Waals surface area (Å²) in [5.41, 5.74) is 3.14. The van der Waals surface area contributed by atoms with E-state index in [0.29, 0.717) is 6.04 Å². The number of thiazole rings is 2. The van der Waals surface area contributed by atoms with Crippen LogP contribution in [0.5, 0.6) is 0 Å². The summed E-state index contributed by atoms with van der Waals surface area (Å²) in [5.74, 6) is 0. The first-order valence-electron chi connectivity index (χ1n) is 6.50. The van der Waals surface area contributed by atoms with Crippen molar-refractivity contribution in [2.24, 2.45) is 0 Å². The van der Waals surface area contributed by atoms with Crippen molar-refractivity contribution in [3.63, 3.8) is 0 Å². The predicted octanol–water partition coefficient (Wildman–Crippen LogP) is 4.06. The second kappa shape index (κ2) is 5.69. The minimum atomic E-state index is 0.0768. The van der Waals surface area contributed by atoms with Crippen LogP contribution in [0.2, 0.25) is 0 Å². The smallest absolute Gasteiger partial charge is 0.135 e. The van der Waals surface area contributed by atoms with E-state index in [1.54, 1.807) is 22.7 Å². The zero-order chi connectivity index (χ0) is 14.0. The first kappa shape index (κ1) is 14.6. The fraction of sp³-hybridized carbons (Fsp3) is 0.571. The molecule has 0 saturated heterocycles. The standard InChI is InChI=1S/C14H21N3S2/c1-9(2)16-7-10-12(14(3,4)5)17-13(19-10)11-6-15-8-18-11/h6,8-9,16H,7H2,1-5H3. The van der Waals surface area contributed by atoms with Crippen LogP contribution in [0, 0.1) is 0 Å². The molecule has 2 rings (SSSR count). The molecule has 0 aliphatic heterocycles. The molecular formula is C14H21N3S2. The molecule has 2 heterocycles. The van der Waals surface area contributed by atoms with Crippen molar-refractivity contribution in [3.05, 3.63) is 22.3 Å². The van der Waals surface area contributed by atoms with E-state index >= 15 is 0 Å². The molecule has 3 nitrogen and oxygen atoms in total. The zero-order valence-electron chi connectivity index (χ0n) is 12.2. The SMILES string of the molecule is CC(C)NCc1sc(-c2cncs2)nc1C(C)(C)C. The van der Waals surface area contributed by atoms with Gasteiger partial charge in [-0.25, -0.2) is 4.98 Å². The van der Waals surface area contributed by atoms with Gasteiger partial charge in [-0.3, -0.25) is 4.98 Å². The first-order chi connectivity index (χ1) is 8.88. The molecule has 0 amide bonds. The summed E-state index contributed by atoms with van der Waals surface area (Å²) in [5, 5.41) is 4.58. The maximum absolute atomic E-state index is 4.85. The average molecular weight is 295 g/mol. The number of rotatable bonds is 4. The summed E-state index contributed by atoms with van der Waals surface area (Å²) < 4.78 is 0. The fourth-order valence-electron chi connectivity index (χ4n) is 1.78. The Labute approximate surface area is 123 Å². The molecule has 0 unspecified atom stereocenters. The Morgan fingerprint density at radius 3 is 2.58 bits per heavy atom. The van der Waals surface area contributed by atoms with Crippen molar-refractivity contribution in [2.45, 2.75) is 52.6 Å². The van der Waals surface area contributed by atoms with Gasteiger partial charge in [0.15, 0.2) is 0 Å². The largest absolute Gasteiger partial charge is 0.310 e. The van der Waals surface area contributed by atoms with Crippen LogP contribution >= 0.6 is 22.7 Å². The van der Waals surface area contributed by atoms with Crippen molar-refractivity contribution in [3.8, 4) is 9.88 Å². The van der Waals surface area contributed by atoms with Gasteiger partial charge in [0.2, 0.25) is 0 Å². The second-order valence-corrected chi connectivity index (χ2v) is 7.91. The van der Waals surface area contributed by atoms with Crippen LogP contribution in [-0.4, -0.2) is 16.0 Å². The molecule has 0 saturated carbocycles. The van der Waals surface area contributed by atoms with E-state index in [4.69, 9.17) is 4.98 Å². The molecule has 1 N–H and O–H groups in total. The average Bonchev–Trinajstić information content (AvgIpc) is 2.94. The summed E-state index contributed by atoms with van der Waals surface area (Å²) in [6.45, 7) is 11.9. The normalized spacial score (nSPS) is 12.3. The van der Waals surface area contributed by atoms with E-state index in [2.05, 4.69) is 44.9 Å². The lowest BCUT2D eigenvalue weighted by Gasteiger charge is -2.18. The van der Waals surface area contributed by atoms with E-state index in [-0.39, 0.29) is 5.41 Å². The summed E-state index contributed by atoms with van der Waals surface area (Å²) >= 11 is 3.43. The molecule has 104 valence electrons. The third-order valence-corrected chi connectivity index (χ3v) is 4.72. The summed E-state index contributed by atoms with van der Waals surface area (Å²) in [6, 6.07) is 0.488. The Morgan fingerprint density at radius 2 is 2.05 bits per heavy atom. The number of aromatic nitrogens is 2. The third kappa shape index (κ3) is 3.61. The summed E-state index contributed by atoms with van der Waals surface area (Å²) in [6.07, 6.45) is 1.90. The molecule has 0 aliphatic rings. The summed E-state index contributed by atoms with van der Waals surface area (Å²) in [7, 11) is 0. The van der Waals surface area contributed by atoms with Crippen LogP contribution in [0.1, 0.15) is 45.2 Å². The lowest BCUT2D eigenvalue weighted by molar-refractivity contribution is 0.546. The van der Waals surface area contributed by atoms with E-state index in [1.165, 1.54) is 10.6 Å². The maximum Gasteiger partial charge on any atom is 0.135 e. The monoisotopic (exact) mass is 295 g/mol. The maximum atomic E-state index is 4.85. The van der Waals surface area contributed by atoms with Gasteiger partial charge in [0.05, 0.1) is 16.1 Å². The molecule has 0 atom stereocenters. The highest BCUT2D eigenvalue weighted by atomic mass is 32.1. The topological polar surface area (TPSA) is 37.8 Å². The molecule has 5 heteroatoms. The molecule has 2 aromatic rings. The second-order valence-electron chi connectivity index (χ2n) is 5.94. The van der Waals surface area contributed by atoms with Crippen LogP contribution in [0.15, 0.2) is 11.7 Å². The van der Waals surface area contributed by atoms with Gasteiger partial charge in [-0.15, -0.1) is 22.7 Å². The van der Waals surface area contributed by atoms with Gasteiger partial charge in [-0.1, -0.05) is 34.6 Å². The number of nitrogens with one attached hydrogen (secondary N) is 1.